The Balaban J connectivity index is 0. The van der Waals surface area contributed by atoms with Gasteiger partial charge in [-0.15, -0.1) is 0 Å². The predicted octanol–water partition coefficient (Wildman–Crippen LogP) is 2.07. The molecule has 0 aromatic rings. The first kappa shape index (κ1) is 13.2. The first-order chi connectivity index (χ1) is 5.18. The summed E-state index contributed by atoms with van der Waals surface area (Å²) in [4.78, 5) is 10.5. The third-order valence-electron chi connectivity index (χ3n) is 0.753. The van der Waals surface area contributed by atoms with E-state index in [4.69, 9.17) is 11.5 Å². The minimum absolute atomic E-state index is 0.325. The fraction of sp³-hybridized carbons (Fsp3) is 0.833. The largest absolute Gasteiger partial charge is 0.326 e. The Morgan fingerprint density at radius 3 is 2.09 bits per heavy atom. The molecule has 0 heterocycles. The van der Waals surface area contributed by atoms with Gasteiger partial charge < -0.3 is 4.89 Å². The van der Waals surface area contributed by atoms with Crippen LogP contribution in [-0.4, -0.2) is 11.6 Å². The summed E-state index contributed by atoms with van der Waals surface area (Å²) in [7, 11) is -2.86. The van der Waals surface area contributed by atoms with Gasteiger partial charge in [-0.2, -0.15) is 0 Å². The standard InChI is InChI=1S/C4H10.C2H4NO3P/c1-3-4-2;1-3-2-6-7(4)5/h3-4H2,1-2H3;7H,2H2,(H,4,5). The first-order valence-corrected chi connectivity index (χ1v) is 4.64. The summed E-state index contributed by atoms with van der Waals surface area (Å²) in [6, 6.07) is 0. The van der Waals surface area contributed by atoms with Crippen molar-refractivity contribution in [3.05, 3.63) is 11.4 Å². The molecule has 1 N–H and O–H groups in total. The van der Waals surface area contributed by atoms with E-state index < -0.39 is 8.25 Å². The van der Waals surface area contributed by atoms with Crippen molar-refractivity contribution >= 4 is 8.25 Å². The molecule has 5 heteroatoms. The van der Waals surface area contributed by atoms with E-state index in [9.17, 15) is 4.57 Å². The molecular formula is C6H14NO3P. The molecule has 0 fully saturated rings. The maximum Gasteiger partial charge on any atom is 0.325 e. The monoisotopic (exact) mass is 179 g/mol. The van der Waals surface area contributed by atoms with Gasteiger partial charge in [-0.1, -0.05) is 26.7 Å². The highest BCUT2D eigenvalue weighted by Crippen LogP contribution is 2.12. The van der Waals surface area contributed by atoms with E-state index in [0.717, 1.165) is 0 Å². The summed E-state index contributed by atoms with van der Waals surface area (Å²) in [5.41, 5.74) is 0. The van der Waals surface area contributed by atoms with Gasteiger partial charge in [0.05, 0.1) is 0 Å². The van der Waals surface area contributed by atoms with Crippen LogP contribution in [0.25, 0.3) is 4.85 Å². The van der Waals surface area contributed by atoms with Crippen molar-refractivity contribution in [3.8, 4) is 0 Å². The Morgan fingerprint density at radius 2 is 2.00 bits per heavy atom. The average Bonchev–Trinajstić information content (AvgIpc) is 2.01. The lowest BCUT2D eigenvalue weighted by atomic mass is 10.4. The fourth-order valence-electron chi connectivity index (χ4n) is 0.0875. The molecule has 0 aliphatic heterocycles. The van der Waals surface area contributed by atoms with Gasteiger partial charge in [0.25, 0.3) is 0 Å². The van der Waals surface area contributed by atoms with Crippen LogP contribution >= 0.6 is 8.25 Å². The van der Waals surface area contributed by atoms with Crippen LogP contribution in [0.2, 0.25) is 0 Å². The van der Waals surface area contributed by atoms with E-state index in [1.165, 1.54) is 12.8 Å². The summed E-state index contributed by atoms with van der Waals surface area (Å²) in [6.07, 6.45) is 2.64. The van der Waals surface area contributed by atoms with Crippen molar-refractivity contribution in [2.45, 2.75) is 26.7 Å². The molecule has 0 aliphatic carbocycles. The van der Waals surface area contributed by atoms with Gasteiger partial charge in [-0.3, -0.25) is 9.41 Å². The second-order valence-electron chi connectivity index (χ2n) is 1.70. The zero-order valence-electron chi connectivity index (χ0n) is 6.83. The molecule has 0 saturated heterocycles. The first-order valence-electron chi connectivity index (χ1n) is 3.37. The third-order valence-corrected chi connectivity index (χ3v) is 1.13. The van der Waals surface area contributed by atoms with Crippen molar-refractivity contribution in [2.24, 2.45) is 0 Å². The number of hydrogen-bond acceptors (Lipinski definition) is 2. The summed E-state index contributed by atoms with van der Waals surface area (Å²) < 4.78 is 13.5. The lowest BCUT2D eigenvalue weighted by Crippen LogP contribution is -1.73. The molecule has 1 unspecified atom stereocenters. The van der Waals surface area contributed by atoms with Crippen molar-refractivity contribution in [2.75, 3.05) is 6.73 Å². The van der Waals surface area contributed by atoms with Crippen LogP contribution in [0.5, 0.6) is 0 Å². The molecule has 66 valence electrons. The van der Waals surface area contributed by atoms with Gasteiger partial charge in [-0.25, -0.2) is 11.1 Å². The van der Waals surface area contributed by atoms with Gasteiger partial charge in [-0.05, 0) is 0 Å². The van der Waals surface area contributed by atoms with E-state index >= 15 is 0 Å². The van der Waals surface area contributed by atoms with Gasteiger partial charge >= 0.3 is 15.0 Å². The van der Waals surface area contributed by atoms with E-state index in [1.807, 2.05) is 0 Å². The topological polar surface area (TPSA) is 50.9 Å². The van der Waals surface area contributed by atoms with Crippen molar-refractivity contribution in [1.82, 2.24) is 0 Å². The maximum absolute atomic E-state index is 9.58. The molecule has 0 amide bonds. The summed E-state index contributed by atoms with van der Waals surface area (Å²) in [5, 5.41) is 0. The molecule has 1 atom stereocenters. The van der Waals surface area contributed by atoms with E-state index in [1.54, 1.807) is 0 Å². The molecule has 0 radical (unpaired) electrons. The third kappa shape index (κ3) is 26.1. The van der Waals surface area contributed by atoms with Gasteiger partial charge in [0.2, 0.25) is 0 Å². The summed E-state index contributed by atoms with van der Waals surface area (Å²) in [6.45, 7) is 10.1. The molecule has 4 nitrogen and oxygen atoms in total. The van der Waals surface area contributed by atoms with Crippen LogP contribution in [-0.2, 0) is 9.09 Å². The van der Waals surface area contributed by atoms with Crippen LogP contribution in [0.4, 0.5) is 0 Å². The van der Waals surface area contributed by atoms with Crippen LogP contribution < -0.4 is 0 Å². The minimum Gasteiger partial charge on any atom is -0.326 e. The van der Waals surface area contributed by atoms with Crippen molar-refractivity contribution in [3.63, 3.8) is 0 Å². The Bertz CT molecular complexity index is 130. The van der Waals surface area contributed by atoms with Gasteiger partial charge in [0.1, 0.15) is 0 Å². The highest BCUT2D eigenvalue weighted by molar-refractivity contribution is 7.32. The van der Waals surface area contributed by atoms with E-state index in [-0.39, 0.29) is 6.73 Å². The predicted molar refractivity (Wildman–Crippen MR) is 44.4 cm³/mol. The van der Waals surface area contributed by atoms with E-state index in [2.05, 4.69) is 23.2 Å². The normalized spacial score (nSPS) is 10.7. The quantitative estimate of drug-likeness (QED) is 0.533. The van der Waals surface area contributed by atoms with Crippen LogP contribution in [0.1, 0.15) is 26.7 Å². The molecular weight excluding hydrogens is 165 g/mol. The van der Waals surface area contributed by atoms with Gasteiger partial charge in [0.15, 0.2) is 0 Å². The number of rotatable bonds is 3. The lowest BCUT2D eigenvalue weighted by Gasteiger charge is -1.82. The molecule has 0 bridgehead atoms. The molecule has 0 aromatic carbocycles. The van der Waals surface area contributed by atoms with Crippen molar-refractivity contribution < 1.29 is 14.0 Å². The molecule has 0 aliphatic rings. The van der Waals surface area contributed by atoms with Crippen LogP contribution in [0.15, 0.2) is 0 Å². The number of hydrogen-bond donors (Lipinski definition) is 1. The molecule has 0 saturated carbocycles. The second kappa shape index (κ2) is 12.3. The van der Waals surface area contributed by atoms with Crippen LogP contribution in [0.3, 0.4) is 0 Å². The Labute approximate surface area is 68.0 Å². The summed E-state index contributed by atoms with van der Waals surface area (Å²) in [5.74, 6) is 0. The zero-order chi connectivity index (χ0) is 9.11. The van der Waals surface area contributed by atoms with Crippen LogP contribution in [0, 0.1) is 6.57 Å². The Hall–Kier alpha value is -0.360. The highest BCUT2D eigenvalue weighted by atomic mass is 31.1. The average molecular weight is 179 g/mol. The number of unbranched alkanes of at least 4 members (excludes halogenated alkanes) is 1. The molecule has 0 rings (SSSR count). The zero-order valence-corrected chi connectivity index (χ0v) is 7.83. The highest BCUT2D eigenvalue weighted by Gasteiger charge is 1.88. The minimum atomic E-state index is -2.86. The lowest BCUT2D eigenvalue weighted by molar-refractivity contribution is 0.311. The fourth-order valence-corrected chi connectivity index (χ4v) is 0.262. The molecule has 0 spiro atoms. The Morgan fingerprint density at radius 1 is 1.55 bits per heavy atom. The van der Waals surface area contributed by atoms with Crippen molar-refractivity contribution in [1.29, 1.82) is 0 Å². The maximum atomic E-state index is 9.58. The number of nitrogens with zero attached hydrogens (tertiary/aromatic N) is 1. The molecule has 11 heavy (non-hydrogen) atoms. The smallest absolute Gasteiger partial charge is 0.325 e. The second-order valence-corrected chi connectivity index (χ2v) is 2.52. The SMILES string of the molecule is CCCC.[C-]#[N+]CO[PH](=O)O. The van der Waals surface area contributed by atoms with Gasteiger partial charge in [0, 0.05) is 0 Å². The summed E-state index contributed by atoms with van der Waals surface area (Å²) >= 11 is 0. The Kier molecular flexibility index (Phi) is 14.8. The van der Waals surface area contributed by atoms with E-state index in [0.29, 0.717) is 0 Å². The molecule has 0 aromatic heterocycles.